The van der Waals surface area contributed by atoms with E-state index in [0.29, 0.717) is 18.0 Å². The zero-order valence-corrected chi connectivity index (χ0v) is 14.5. The molecule has 24 heavy (non-hydrogen) atoms. The maximum atomic E-state index is 12.1. The Hall–Kier alpha value is -2.49. The largest absolute Gasteiger partial charge is 0.493 e. The minimum atomic E-state index is -0.569. The van der Waals surface area contributed by atoms with E-state index >= 15 is 0 Å². The first-order valence-electron chi connectivity index (χ1n) is 8.23. The van der Waals surface area contributed by atoms with Crippen LogP contribution in [0.15, 0.2) is 48.5 Å². The number of methoxy groups -OCH3 is 1. The van der Waals surface area contributed by atoms with Crippen molar-refractivity contribution in [2.75, 3.05) is 13.7 Å². The van der Waals surface area contributed by atoms with Crippen LogP contribution in [0.25, 0.3) is 0 Å². The van der Waals surface area contributed by atoms with Crippen molar-refractivity contribution >= 4 is 5.91 Å². The highest BCUT2D eigenvalue weighted by molar-refractivity contribution is 5.80. The fourth-order valence-electron chi connectivity index (χ4n) is 2.36. The molecule has 0 unspecified atom stereocenters. The summed E-state index contributed by atoms with van der Waals surface area (Å²) in [4.78, 5) is 12.1. The first kappa shape index (κ1) is 17.9. The Labute approximate surface area is 143 Å². The second kappa shape index (κ2) is 8.96. The van der Waals surface area contributed by atoms with E-state index in [4.69, 9.17) is 9.47 Å². The number of para-hydroxylation sites is 2. The Morgan fingerprint density at radius 2 is 1.75 bits per heavy atom. The molecule has 0 aliphatic rings. The number of benzene rings is 2. The van der Waals surface area contributed by atoms with Crippen molar-refractivity contribution in [3.8, 4) is 11.5 Å². The molecule has 2 rings (SSSR count). The molecule has 1 amide bonds. The minimum absolute atomic E-state index is 0.121. The summed E-state index contributed by atoms with van der Waals surface area (Å²) in [6, 6.07) is 15.8. The fraction of sp³-hybridized carbons (Fsp3) is 0.350. The Bertz CT molecular complexity index is 652. The van der Waals surface area contributed by atoms with Crippen LogP contribution in [0, 0.1) is 6.92 Å². The van der Waals surface area contributed by atoms with Gasteiger partial charge >= 0.3 is 0 Å². The quantitative estimate of drug-likeness (QED) is 0.755. The van der Waals surface area contributed by atoms with Gasteiger partial charge in [-0.05, 0) is 44.4 Å². The lowest BCUT2D eigenvalue weighted by Crippen LogP contribution is -2.37. The van der Waals surface area contributed by atoms with Gasteiger partial charge in [-0.25, -0.2) is 0 Å². The van der Waals surface area contributed by atoms with Gasteiger partial charge in [0.2, 0.25) is 0 Å². The van der Waals surface area contributed by atoms with Crippen molar-refractivity contribution in [2.24, 2.45) is 0 Å². The van der Waals surface area contributed by atoms with Crippen molar-refractivity contribution in [2.45, 2.75) is 32.8 Å². The van der Waals surface area contributed by atoms with Crippen LogP contribution >= 0.6 is 0 Å². The van der Waals surface area contributed by atoms with E-state index in [-0.39, 0.29) is 5.91 Å². The maximum absolute atomic E-state index is 12.1. The van der Waals surface area contributed by atoms with Crippen LogP contribution in [0.1, 0.15) is 24.5 Å². The molecular formula is C20H25NO3. The first-order valence-corrected chi connectivity index (χ1v) is 8.23. The molecule has 0 radical (unpaired) electrons. The predicted molar refractivity (Wildman–Crippen MR) is 95.6 cm³/mol. The number of nitrogens with one attached hydrogen (secondary N) is 1. The van der Waals surface area contributed by atoms with Crippen LogP contribution in [-0.4, -0.2) is 25.7 Å². The predicted octanol–water partition coefficient (Wildman–Crippen LogP) is 3.52. The zero-order valence-electron chi connectivity index (χ0n) is 14.5. The Morgan fingerprint density at radius 3 is 2.42 bits per heavy atom. The van der Waals surface area contributed by atoms with Gasteiger partial charge in [0.15, 0.2) is 17.6 Å². The summed E-state index contributed by atoms with van der Waals surface area (Å²) >= 11 is 0. The Balaban J connectivity index is 1.74. The maximum Gasteiger partial charge on any atom is 0.260 e. The van der Waals surface area contributed by atoms with Gasteiger partial charge in [-0.15, -0.1) is 0 Å². The third kappa shape index (κ3) is 5.30. The van der Waals surface area contributed by atoms with Crippen molar-refractivity contribution in [1.29, 1.82) is 0 Å². The van der Waals surface area contributed by atoms with Crippen LogP contribution in [0.5, 0.6) is 11.5 Å². The van der Waals surface area contributed by atoms with E-state index < -0.39 is 6.10 Å². The Morgan fingerprint density at radius 1 is 1.08 bits per heavy atom. The molecule has 0 aliphatic carbocycles. The summed E-state index contributed by atoms with van der Waals surface area (Å²) in [5.41, 5.74) is 2.54. The molecule has 0 saturated heterocycles. The van der Waals surface area contributed by atoms with Crippen LogP contribution in [0.3, 0.4) is 0 Å². The summed E-state index contributed by atoms with van der Waals surface area (Å²) in [6.07, 6.45) is 1.28. The molecular weight excluding hydrogens is 302 g/mol. The molecule has 0 heterocycles. The first-order chi connectivity index (χ1) is 11.6. The van der Waals surface area contributed by atoms with Crippen molar-refractivity contribution < 1.29 is 14.3 Å². The van der Waals surface area contributed by atoms with Crippen LogP contribution in [-0.2, 0) is 11.2 Å². The normalized spacial score (nSPS) is 11.6. The number of carbonyl (C=O) groups excluding carboxylic acids is 1. The van der Waals surface area contributed by atoms with Crippen molar-refractivity contribution in [3.05, 3.63) is 59.7 Å². The van der Waals surface area contributed by atoms with E-state index in [9.17, 15) is 4.79 Å². The molecule has 0 aromatic heterocycles. The molecule has 0 aliphatic heterocycles. The number of carbonyl (C=O) groups is 1. The zero-order chi connectivity index (χ0) is 17.4. The highest BCUT2D eigenvalue weighted by Gasteiger charge is 2.15. The van der Waals surface area contributed by atoms with Gasteiger partial charge in [0.05, 0.1) is 7.11 Å². The van der Waals surface area contributed by atoms with Crippen LogP contribution in [0.4, 0.5) is 0 Å². The van der Waals surface area contributed by atoms with Crippen LogP contribution in [0.2, 0.25) is 0 Å². The third-order valence-corrected chi connectivity index (χ3v) is 3.80. The highest BCUT2D eigenvalue weighted by atomic mass is 16.5. The van der Waals surface area contributed by atoms with Gasteiger partial charge in [-0.1, -0.05) is 42.0 Å². The smallest absolute Gasteiger partial charge is 0.260 e. The number of hydrogen-bond acceptors (Lipinski definition) is 3. The fourth-order valence-corrected chi connectivity index (χ4v) is 2.36. The van der Waals surface area contributed by atoms with E-state index in [1.807, 2.05) is 18.2 Å². The summed E-state index contributed by atoms with van der Waals surface area (Å²) in [5.74, 6) is 1.07. The topological polar surface area (TPSA) is 47.6 Å². The van der Waals surface area contributed by atoms with Gasteiger partial charge < -0.3 is 14.8 Å². The summed E-state index contributed by atoms with van der Waals surface area (Å²) in [6.45, 7) is 4.45. The highest BCUT2D eigenvalue weighted by Crippen LogP contribution is 2.26. The molecule has 4 heteroatoms. The molecule has 0 saturated carbocycles. The van der Waals surface area contributed by atoms with E-state index in [1.165, 1.54) is 11.1 Å². The number of hydrogen-bond donors (Lipinski definition) is 1. The lowest BCUT2D eigenvalue weighted by atomic mass is 10.1. The third-order valence-electron chi connectivity index (χ3n) is 3.80. The monoisotopic (exact) mass is 327 g/mol. The summed E-state index contributed by atoms with van der Waals surface area (Å²) < 4.78 is 10.9. The molecule has 0 bridgehead atoms. The second-order valence-corrected chi connectivity index (χ2v) is 5.79. The molecule has 0 spiro atoms. The number of amides is 1. The molecule has 0 fully saturated rings. The van der Waals surface area contributed by atoms with E-state index in [1.54, 1.807) is 20.1 Å². The second-order valence-electron chi connectivity index (χ2n) is 5.79. The number of rotatable bonds is 8. The lowest BCUT2D eigenvalue weighted by Gasteiger charge is -2.16. The molecule has 4 nitrogen and oxygen atoms in total. The average molecular weight is 327 g/mol. The van der Waals surface area contributed by atoms with E-state index in [0.717, 1.165) is 12.8 Å². The van der Waals surface area contributed by atoms with Gasteiger partial charge in [0.25, 0.3) is 5.91 Å². The van der Waals surface area contributed by atoms with Crippen LogP contribution < -0.4 is 14.8 Å². The average Bonchev–Trinajstić information content (AvgIpc) is 2.60. The minimum Gasteiger partial charge on any atom is -0.493 e. The molecule has 128 valence electrons. The number of aryl methyl sites for hydroxylation is 2. The molecule has 2 aromatic rings. The number of ether oxygens (including phenoxy) is 2. The molecule has 2 aromatic carbocycles. The van der Waals surface area contributed by atoms with Crippen molar-refractivity contribution in [3.63, 3.8) is 0 Å². The standard InChI is InChI=1S/C20H25NO3/c1-15-10-12-17(13-11-15)7-6-14-21-20(22)16(2)24-19-9-5-4-8-18(19)23-3/h4-5,8-13,16H,6-7,14H2,1-3H3,(H,21,22)/t16-/m0/s1. The molecule has 1 N–H and O–H groups in total. The van der Waals surface area contributed by atoms with Crippen molar-refractivity contribution in [1.82, 2.24) is 5.32 Å². The van der Waals surface area contributed by atoms with Gasteiger partial charge in [0.1, 0.15) is 0 Å². The summed E-state index contributed by atoms with van der Waals surface area (Å²) in [7, 11) is 1.58. The van der Waals surface area contributed by atoms with Gasteiger partial charge in [-0.3, -0.25) is 4.79 Å². The Kier molecular flexibility index (Phi) is 6.67. The SMILES string of the molecule is COc1ccccc1O[C@@H](C)C(=O)NCCCc1ccc(C)cc1. The van der Waals surface area contributed by atoms with Gasteiger partial charge in [-0.2, -0.15) is 0 Å². The van der Waals surface area contributed by atoms with Gasteiger partial charge in [0, 0.05) is 6.54 Å². The summed E-state index contributed by atoms with van der Waals surface area (Å²) in [5, 5.41) is 2.92. The molecule has 1 atom stereocenters. The van der Waals surface area contributed by atoms with E-state index in [2.05, 4.69) is 36.5 Å². The lowest BCUT2D eigenvalue weighted by molar-refractivity contribution is -0.127.